The summed E-state index contributed by atoms with van der Waals surface area (Å²) in [7, 11) is 1.47. The van der Waals surface area contributed by atoms with Crippen molar-refractivity contribution in [3.8, 4) is 11.5 Å². The molecule has 2 aromatic carbocycles. The number of phenols is 1. The summed E-state index contributed by atoms with van der Waals surface area (Å²) in [4.78, 5) is 11.7. The highest BCUT2D eigenvalue weighted by Gasteiger charge is 2.03. The topological polar surface area (TPSA) is 96.9 Å². The minimum absolute atomic E-state index is 0.0136. The molecule has 6 nitrogen and oxygen atoms in total. The number of hydrazone groups is 1. The predicted molar refractivity (Wildman–Crippen MR) is 85.0 cm³/mol. The molecule has 6 heteroatoms. The Morgan fingerprint density at radius 1 is 1.32 bits per heavy atom. The Labute approximate surface area is 128 Å². The molecule has 0 atom stereocenters. The Bertz CT molecular complexity index is 682. The zero-order chi connectivity index (χ0) is 15.9. The van der Waals surface area contributed by atoms with E-state index >= 15 is 0 Å². The monoisotopic (exact) mass is 299 g/mol. The molecule has 0 radical (unpaired) electrons. The van der Waals surface area contributed by atoms with Gasteiger partial charge in [0.05, 0.1) is 19.7 Å². The van der Waals surface area contributed by atoms with Crippen LogP contribution in [0.15, 0.2) is 47.6 Å². The number of carbonyl (C=O) groups is 1. The van der Waals surface area contributed by atoms with E-state index in [9.17, 15) is 9.90 Å². The van der Waals surface area contributed by atoms with Crippen LogP contribution in [0.2, 0.25) is 0 Å². The van der Waals surface area contributed by atoms with Gasteiger partial charge >= 0.3 is 0 Å². The molecule has 0 aromatic heterocycles. The van der Waals surface area contributed by atoms with Gasteiger partial charge < -0.3 is 15.6 Å². The number of rotatable bonds is 5. The number of ether oxygens (including phenoxy) is 1. The average Bonchev–Trinajstić information content (AvgIpc) is 2.50. The quantitative estimate of drug-likeness (QED) is 0.444. The summed E-state index contributed by atoms with van der Waals surface area (Å²) in [5.41, 5.74) is 10.2. The number of nitrogens with two attached hydrogens (primary N) is 1. The zero-order valence-corrected chi connectivity index (χ0v) is 12.1. The minimum Gasteiger partial charge on any atom is -0.504 e. The van der Waals surface area contributed by atoms with Gasteiger partial charge in [-0.3, -0.25) is 4.79 Å². The lowest BCUT2D eigenvalue weighted by Crippen LogP contribution is -2.19. The number of hydrogen-bond acceptors (Lipinski definition) is 5. The van der Waals surface area contributed by atoms with Crippen LogP contribution in [0.3, 0.4) is 0 Å². The number of hydrogen-bond donors (Lipinski definition) is 3. The number of benzene rings is 2. The van der Waals surface area contributed by atoms with Gasteiger partial charge in [-0.2, -0.15) is 5.10 Å². The van der Waals surface area contributed by atoms with Crippen LogP contribution in [0.1, 0.15) is 11.1 Å². The number of nitrogens with zero attached hydrogens (tertiary/aromatic N) is 1. The second kappa shape index (κ2) is 7.12. The summed E-state index contributed by atoms with van der Waals surface area (Å²) in [6.45, 7) is 0. The molecule has 0 aliphatic carbocycles. The number of carbonyl (C=O) groups excluding carboxylic acids is 1. The first kappa shape index (κ1) is 15.4. The number of amides is 1. The van der Waals surface area contributed by atoms with Crippen molar-refractivity contribution >= 4 is 17.8 Å². The molecule has 0 aliphatic rings. The van der Waals surface area contributed by atoms with E-state index in [2.05, 4.69) is 10.5 Å². The highest BCUT2D eigenvalue weighted by atomic mass is 16.5. The van der Waals surface area contributed by atoms with Crippen LogP contribution in [-0.4, -0.2) is 24.3 Å². The van der Waals surface area contributed by atoms with Crippen LogP contribution >= 0.6 is 0 Å². The predicted octanol–water partition coefficient (Wildman–Crippen LogP) is 1.68. The van der Waals surface area contributed by atoms with E-state index in [4.69, 9.17) is 10.5 Å². The molecule has 0 saturated heterocycles. The minimum atomic E-state index is -0.237. The maximum atomic E-state index is 11.7. The van der Waals surface area contributed by atoms with Crippen molar-refractivity contribution in [1.82, 2.24) is 5.43 Å². The molecule has 0 fully saturated rings. The SMILES string of the molecule is COc1ccc(/C=N\NC(=O)Cc2ccc(N)cc2)cc1O. The van der Waals surface area contributed by atoms with Crippen molar-refractivity contribution in [2.75, 3.05) is 12.8 Å². The fourth-order valence-electron chi connectivity index (χ4n) is 1.83. The first-order valence-corrected chi connectivity index (χ1v) is 6.62. The standard InChI is InChI=1S/C16H17N3O3/c1-22-15-7-4-12(8-14(15)20)10-18-19-16(21)9-11-2-5-13(17)6-3-11/h2-8,10,20H,9,17H2,1H3,(H,19,21)/b18-10-. The molecule has 0 bridgehead atoms. The molecule has 0 aliphatic heterocycles. The van der Waals surface area contributed by atoms with Crippen molar-refractivity contribution in [2.24, 2.45) is 5.10 Å². The van der Waals surface area contributed by atoms with Gasteiger partial charge in [0.2, 0.25) is 5.91 Å². The fraction of sp³-hybridized carbons (Fsp3) is 0.125. The average molecular weight is 299 g/mol. The lowest BCUT2D eigenvalue weighted by Gasteiger charge is -2.03. The van der Waals surface area contributed by atoms with Crippen LogP contribution in [0.4, 0.5) is 5.69 Å². The Morgan fingerprint density at radius 2 is 2.05 bits per heavy atom. The maximum Gasteiger partial charge on any atom is 0.244 e. The van der Waals surface area contributed by atoms with Gasteiger partial charge in [-0.05, 0) is 41.5 Å². The Hall–Kier alpha value is -3.02. The van der Waals surface area contributed by atoms with Gasteiger partial charge in [0.15, 0.2) is 11.5 Å². The molecular formula is C16H17N3O3. The largest absolute Gasteiger partial charge is 0.504 e. The molecule has 0 spiro atoms. The van der Waals surface area contributed by atoms with E-state index < -0.39 is 0 Å². The molecule has 0 unspecified atom stereocenters. The third-order valence-electron chi connectivity index (χ3n) is 2.95. The molecule has 0 heterocycles. The first-order chi connectivity index (χ1) is 10.6. The van der Waals surface area contributed by atoms with Crippen LogP contribution in [0.25, 0.3) is 0 Å². The molecule has 22 heavy (non-hydrogen) atoms. The van der Waals surface area contributed by atoms with Gasteiger partial charge in [-0.25, -0.2) is 5.43 Å². The smallest absolute Gasteiger partial charge is 0.244 e. The maximum absolute atomic E-state index is 11.7. The zero-order valence-electron chi connectivity index (χ0n) is 12.1. The number of methoxy groups -OCH3 is 1. The van der Waals surface area contributed by atoms with E-state index in [1.807, 2.05) is 0 Å². The molecule has 2 aromatic rings. The van der Waals surface area contributed by atoms with E-state index in [1.54, 1.807) is 36.4 Å². The normalized spacial score (nSPS) is 10.6. The van der Waals surface area contributed by atoms with Crippen LogP contribution < -0.4 is 15.9 Å². The van der Waals surface area contributed by atoms with Gasteiger partial charge in [-0.1, -0.05) is 12.1 Å². The first-order valence-electron chi connectivity index (χ1n) is 6.62. The summed E-state index contributed by atoms with van der Waals surface area (Å²) in [5, 5.41) is 13.5. The Kier molecular flexibility index (Phi) is 4.98. The van der Waals surface area contributed by atoms with Crippen molar-refractivity contribution in [3.63, 3.8) is 0 Å². The molecule has 2 rings (SSSR count). The Balaban J connectivity index is 1.90. The number of nitrogen functional groups attached to an aromatic ring is 1. The summed E-state index contributed by atoms with van der Waals surface area (Å²) in [6.07, 6.45) is 1.66. The lowest BCUT2D eigenvalue weighted by atomic mass is 10.1. The van der Waals surface area contributed by atoms with Crippen molar-refractivity contribution in [2.45, 2.75) is 6.42 Å². The molecule has 114 valence electrons. The summed E-state index contributed by atoms with van der Waals surface area (Å²) >= 11 is 0. The number of aromatic hydroxyl groups is 1. The molecule has 0 saturated carbocycles. The van der Waals surface area contributed by atoms with Gasteiger partial charge in [0.1, 0.15) is 0 Å². The van der Waals surface area contributed by atoms with Gasteiger partial charge in [0, 0.05) is 5.69 Å². The molecular weight excluding hydrogens is 282 g/mol. The third kappa shape index (κ3) is 4.24. The van der Waals surface area contributed by atoms with E-state index in [0.717, 1.165) is 5.56 Å². The number of phenolic OH excluding ortho intramolecular Hbond substituents is 1. The highest BCUT2D eigenvalue weighted by molar-refractivity contribution is 5.84. The summed E-state index contributed by atoms with van der Waals surface area (Å²) < 4.78 is 4.94. The molecule has 4 N–H and O–H groups in total. The van der Waals surface area contributed by atoms with E-state index in [1.165, 1.54) is 19.4 Å². The van der Waals surface area contributed by atoms with Crippen LogP contribution in [-0.2, 0) is 11.2 Å². The van der Waals surface area contributed by atoms with E-state index in [-0.39, 0.29) is 18.1 Å². The Morgan fingerprint density at radius 3 is 2.68 bits per heavy atom. The van der Waals surface area contributed by atoms with Crippen LogP contribution in [0, 0.1) is 0 Å². The number of nitrogens with one attached hydrogen (secondary N) is 1. The second-order valence-electron chi connectivity index (χ2n) is 4.64. The van der Waals surface area contributed by atoms with Crippen molar-refractivity contribution < 1.29 is 14.6 Å². The molecule has 1 amide bonds. The number of anilines is 1. The fourth-order valence-corrected chi connectivity index (χ4v) is 1.83. The van der Waals surface area contributed by atoms with Gasteiger partial charge in [0.25, 0.3) is 0 Å². The summed E-state index contributed by atoms with van der Waals surface area (Å²) in [5.74, 6) is 0.156. The third-order valence-corrected chi connectivity index (χ3v) is 2.95. The van der Waals surface area contributed by atoms with Crippen LogP contribution in [0.5, 0.6) is 11.5 Å². The van der Waals surface area contributed by atoms with Gasteiger partial charge in [-0.15, -0.1) is 0 Å². The van der Waals surface area contributed by atoms with E-state index in [0.29, 0.717) is 17.0 Å². The second-order valence-corrected chi connectivity index (χ2v) is 4.64. The summed E-state index contributed by atoms with van der Waals surface area (Å²) in [6, 6.07) is 11.9. The lowest BCUT2D eigenvalue weighted by molar-refractivity contribution is -0.120. The van der Waals surface area contributed by atoms with Crippen molar-refractivity contribution in [1.29, 1.82) is 0 Å². The van der Waals surface area contributed by atoms with Crippen molar-refractivity contribution in [3.05, 3.63) is 53.6 Å². The highest BCUT2D eigenvalue weighted by Crippen LogP contribution is 2.25.